The van der Waals surface area contributed by atoms with Crippen LogP contribution >= 0.6 is 0 Å². The lowest BCUT2D eigenvalue weighted by Crippen LogP contribution is -2.45. The van der Waals surface area contributed by atoms with Crippen LogP contribution in [0.25, 0.3) is 0 Å². The van der Waals surface area contributed by atoms with Crippen LogP contribution in [0.2, 0.25) is 0 Å². The number of amides is 1. The Labute approximate surface area is 125 Å². The van der Waals surface area contributed by atoms with Gasteiger partial charge in [-0.15, -0.1) is 0 Å². The Bertz CT molecular complexity index is 530. The van der Waals surface area contributed by atoms with Crippen molar-refractivity contribution in [1.82, 2.24) is 9.88 Å². The highest BCUT2D eigenvalue weighted by Gasteiger charge is 2.30. The molecule has 1 aliphatic rings. The molecule has 2 atom stereocenters. The molecular weight excluding hydrogens is 268 g/mol. The number of pyridine rings is 1. The number of carboxylic acid groups (broad SMARTS) is 1. The predicted molar refractivity (Wildman–Crippen MR) is 79.3 cm³/mol. The molecule has 0 aliphatic heterocycles. The highest BCUT2D eigenvalue weighted by atomic mass is 16.4. The zero-order valence-corrected chi connectivity index (χ0v) is 12.6. The van der Waals surface area contributed by atoms with Crippen LogP contribution in [0.5, 0.6) is 0 Å². The first-order valence-electron chi connectivity index (χ1n) is 7.56. The van der Waals surface area contributed by atoms with Crippen molar-refractivity contribution in [2.45, 2.75) is 45.6 Å². The third-order valence-corrected chi connectivity index (χ3v) is 4.26. The van der Waals surface area contributed by atoms with Gasteiger partial charge in [0.15, 0.2) is 0 Å². The van der Waals surface area contributed by atoms with Crippen molar-refractivity contribution in [1.29, 1.82) is 0 Å². The lowest BCUT2D eigenvalue weighted by Gasteiger charge is -2.38. The van der Waals surface area contributed by atoms with Crippen LogP contribution in [0.3, 0.4) is 0 Å². The normalized spacial score (nSPS) is 21.8. The Balaban J connectivity index is 2.23. The summed E-state index contributed by atoms with van der Waals surface area (Å²) in [5.41, 5.74) is 0.128. The summed E-state index contributed by atoms with van der Waals surface area (Å²) in [7, 11) is 0. The van der Waals surface area contributed by atoms with E-state index in [4.69, 9.17) is 5.11 Å². The average Bonchev–Trinajstić information content (AvgIpc) is 2.50. The number of hydrogen-bond donors (Lipinski definition) is 1. The van der Waals surface area contributed by atoms with Gasteiger partial charge in [0.1, 0.15) is 11.4 Å². The molecule has 0 saturated heterocycles. The standard InChI is InChI=1S/C16H22N2O3/c1-3-18(14-10-5-4-7-11(14)2)15(19)12-8-6-9-13(17-12)16(20)21/h6,8-9,11,14H,3-5,7,10H2,1-2H3,(H,20,21). The van der Waals surface area contributed by atoms with Gasteiger partial charge in [-0.05, 0) is 37.8 Å². The second kappa shape index (κ2) is 6.70. The molecule has 21 heavy (non-hydrogen) atoms. The van der Waals surface area contributed by atoms with E-state index >= 15 is 0 Å². The lowest BCUT2D eigenvalue weighted by atomic mass is 9.84. The third kappa shape index (κ3) is 3.40. The average molecular weight is 290 g/mol. The first-order valence-corrected chi connectivity index (χ1v) is 7.56. The smallest absolute Gasteiger partial charge is 0.354 e. The van der Waals surface area contributed by atoms with Crippen molar-refractivity contribution in [3.8, 4) is 0 Å². The van der Waals surface area contributed by atoms with E-state index in [1.165, 1.54) is 12.5 Å². The number of rotatable bonds is 4. The molecule has 1 aliphatic carbocycles. The van der Waals surface area contributed by atoms with E-state index in [9.17, 15) is 9.59 Å². The van der Waals surface area contributed by atoms with Gasteiger partial charge in [0, 0.05) is 12.6 Å². The first-order chi connectivity index (χ1) is 10.0. The number of nitrogens with zero attached hydrogens (tertiary/aromatic N) is 2. The van der Waals surface area contributed by atoms with Gasteiger partial charge in [-0.3, -0.25) is 4.79 Å². The number of aromatic carboxylic acids is 1. The van der Waals surface area contributed by atoms with Crippen molar-refractivity contribution >= 4 is 11.9 Å². The van der Waals surface area contributed by atoms with E-state index in [-0.39, 0.29) is 23.3 Å². The summed E-state index contributed by atoms with van der Waals surface area (Å²) in [4.78, 5) is 29.5. The van der Waals surface area contributed by atoms with Crippen molar-refractivity contribution in [2.75, 3.05) is 6.54 Å². The third-order valence-electron chi connectivity index (χ3n) is 4.26. The number of aromatic nitrogens is 1. The summed E-state index contributed by atoms with van der Waals surface area (Å²) in [5.74, 6) is -0.802. The quantitative estimate of drug-likeness (QED) is 0.925. The molecule has 5 nitrogen and oxygen atoms in total. The minimum Gasteiger partial charge on any atom is -0.477 e. The van der Waals surface area contributed by atoms with Gasteiger partial charge in [0.2, 0.25) is 0 Å². The summed E-state index contributed by atoms with van der Waals surface area (Å²) in [6.07, 6.45) is 4.51. The lowest BCUT2D eigenvalue weighted by molar-refractivity contribution is 0.0563. The number of carbonyl (C=O) groups excluding carboxylic acids is 1. The zero-order valence-electron chi connectivity index (χ0n) is 12.6. The SMILES string of the molecule is CCN(C(=O)c1cccc(C(=O)O)n1)C1CCCCC1C. The highest BCUT2D eigenvalue weighted by molar-refractivity contribution is 5.94. The predicted octanol–water partition coefficient (Wildman–Crippen LogP) is 2.82. The first kappa shape index (κ1) is 15.5. The van der Waals surface area contributed by atoms with E-state index in [0.717, 1.165) is 19.3 Å². The molecular formula is C16H22N2O3. The van der Waals surface area contributed by atoms with E-state index in [2.05, 4.69) is 11.9 Å². The minimum absolute atomic E-state index is 0.0893. The van der Waals surface area contributed by atoms with Crippen LogP contribution in [0, 0.1) is 5.92 Å². The highest BCUT2D eigenvalue weighted by Crippen LogP contribution is 2.28. The number of carbonyl (C=O) groups is 2. The number of hydrogen-bond acceptors (Lipinski definition) is 3. The molecule has 1 aromatic heterocycles. The molecule has 0 aromatic carbocycles. The van der Waals surface area contributed by atoms with Crippen LogP contribution in [-0.4, -0.2) is 39.5 Å². The Morgan fingerprint density at radius 3 is 2.57 bits per heavy atom. The van der Waals surface area contributed by atoms with Gasteiger partial charge in [-0.25, -0.2) is 9.78 Å². The monoisotopic (exact) mass is 290 g/mol. The minimum atomic E-state index is -1.11. The second-order valence-corrected chi connectivity index (χ2v) is 5.63. The molecule has 2 rings (SSSR count). The molecule has 0 spiro atoms. The fourth-order valence-electron chi connectivity index (χ4n) is 3.11. The van der Waals surface area contributed by atoms with Crippen molar-refractivity contribution in [2.24, 2.45) is 5.92 Å². The van der Waals surface area contributed by atoms with E-state index in [0.29, 0.717) is 12.5 Å². The van der Waals surface area contributed by atoms with Crippen molar-refractivity contribution in [3.63, 3.8) is 0 Å². The fourth-order valence-corrected chi connectivity index (χ4v) is 3.11. The van der Waals surface area contributed by atoms with Gasteiger partial charge in [0.25, 0.3) is 5.91 Å². The Hall–Kier alpha value is -1.91. The summed E-state index contributed by atoms with van der Waals surface area (Å²) in [5, 5.41) is 8.99. The van der Waals surface area contributed by atoms with Crippen molar-refractivity contribution in [3.05, 3.63) is 29.6 Å². The summed E-state index contributed by atoms with van der Waals surface area (Å²) in [6.45, 7) is 4.76. The maximum absolute atomic E-state index is 12.7. The Kier molecular flexibility index (Phi) is 4.94. The van der Waals surface area contributed by atoms with Crippen LogP contribution in [0.4, 0.5) is 0 Å². The van der Waals surface area contributed by atoms with E-state index in [1.807, 2.05) is 11.8 Å². The van der Waals surface area contributed by atoms with E-state index in [1.54, 1.807) is 12.1 Å². The summed E-state index contributed by atoms with van der Waals surface area (Å²) < 4.78 is 0. The van der Waals surface area contributed by atoms with Crippen LogP contribution in [0.15, 0.2) is 18.2 Å². The molecule has 1 aromatic rings. The summed E-state index contributed by atoms with van der Waals surface area (Å²) >= 11 is 0. The molecule has 1 fully saturated rings. The van der Waals surface area contributed by atoms with E-state index < -0.39 is 5.97 Å². The fraction of sp³-hybridized carbons (Fsp3) is 0.562. The molecule has 1 amide bonds. The molecule has 2 unspecified atom stereocenters. The van der Waals surface area contributed by atoms with Gasteiger partial charge < -0.3 is 10.0 Å². The number of carboxylic acids is 1. The maximum atomic E-state index is 12.7. The van der Waals surface area contributed by atoms with Gasteiger partial charge in [-0.2, -0.15) is 0 Å². The maximum Gasteiger partial charge on any atom is 0.354 e. The Morgan fingerprint density at radius 2 is 1.95 bits per heavy atom. The second-order valence-electron chi connectivity index (χ2n) is 5.63. The van der Waals surface area contributed by atoms with Crippen LogP contribution < -0.4 is 0 Å². The molecule has 114 valence electrons. The largest absolute Gasteiger partial charge is 0.477 e. The molecule has 5 heteroatoms. The van der Waals surface area contributed by atoms with Gasteiger partial charge >= 0.3 is 5.97 Å². The van der Waals surface area contributed by atoms with Crippen LogP contribution in [-0.2, 0) is 0 Å². The van der Waals surface area contributed by atoms with Crippen molar-refractivity contribution < 1.29 is 14.7 Å². The van der Waals surface area contributed by atoms with Gasteiger partial charge in [-0.1, -0.05) is 25.8 Å². The zero-order chi connectivity index (χ0) is 15.4. The van der Waals surface area contributed by atoms with Crippen LogP contribution in [0.1, 0.15) is 60.5 Å². The van der Waals surface area contributed by atoms with Gasteiger partial charge in [0.05, 0.1) is 0 Å². The molecule has 1 N–H and O–H groups in total. The molecule has 1 saturated carbocycles. The summed E-state index contributed by atoms with van der Waals surface area (Å²) in [6, 6.07) is 4.79. The molecule has 0 radical (unpaired) electrons. The Morgan fingerprint density at radius 1 is 1.29 bits per heavy atom. The topological polar surface area (TPSA) is 70.5 Å². The molecule has 0 bridgehead atoms. The molecule has 1 heterocycles.